The van der Waals surface area contributed by atoms with Gasteiger partial charge in [0, 0.05) is 11.3 Å². The second kappa shape index (κ2) is 4.53. The summed E-state index contributed by atoms with van der Waals surface area (Å²) >= 11 is 1.80. The molecule has 1 N–H and O–H groups in total. The molecule has 2 rings (SSSR count). The highest BCUT2D eigenvalue weighted by atomic mass is 32.2. The van der Waals surface area contributed by atoms with Crippen LogP contribution in [0.2, 0.25) is 0 Å². The van der Waals surface area contributed by atoms with E-state index in [2.05, 4.69) is 24.2 Å². The lowest BCUT2D eigenvalue weighted by Gasteiger charge is -2.20. The van der Waals surface area contributed by atoms with Gasteiger partial charge in [-0.15, -0.1) is 0 Å². The Morgan fingerprint density at radius 3 is 2.94 bits per heavy atom. The van der Waals surface area contributed by atoms with E-state index in [9.17, 15) is 0 Å². The molecule has 0 saturated carbocycles. The number of thioether (sulfide) groups is 1. The number of amidine groups is 1. The lowest BCUT2D eigenvalue weighted by Crippen LogP contribution is -2.39. The zero-order valence-electron chi connectivity index (χ0n) is 10.0. The molecule has 1 aliphatic heterocycles. The summed E-state index contributed by atoms with van der Waals surface area (Å²) in [5.41, 5.74) is 0.211. The van der Waals surface area contributed by atoms with Crippen LogP contribution in [-0.2, 0) is 6.54 Å². The normalized spacial score (nSPS) is 27.3. The Morgan fingerprint density at radius 2 is 2.38 bits per heavy atom. The maximum absolute atomic E-state index is 5.48. The summed E-state index contributed by atoms with van der Waals surface area (Å²) in [5.74, 6) is 2.97. The molecule has 1 saturated heterocycles. The van der Waals surface area contributed by atoms with Gasteiger partial charge in [-0.25, -0.2) is 0 Å². The maximum atomic E-state index is 5.48. The number of nitrogens with zero attached hydrogens (tertiary/aromatic N) is 1. The Hall–Kier alpha value is -0.900. The van der Waals surface area contributed by atoms with Crippen molar-refractivity contribution in [2.75, 3.05) is 5.75 Å². The van der Waals surface area contributed by atoms with Crippen LogP contribution < -0.4 is 5.32 Å². The number of rotatable bonds is 3. The minimum atomic E-state index is 0.211. The molecule has 2 heterocycles. The van der Waals surface area contributed by atoms with Gasteiger partial charge in [-0.1, -0.05) is 18.7 Å². The third-order valence-corrected chi connectivity index (χ3v) is 4.18. The number of furan rings is 1. The smallest absolute Gasteiger partial charge is 0.157 e. The Balaban J connectivity index is 1.95. The zero-order chi connectivity index (χ0) is 11.6. The van der Waals surface area contributed by atoms with E-state index in [1.165, 1.54) is 0 Å². The van der Waals surface area contributed by atoms with Gasteiger partial charge in [-0.3, -0.25) is 4.99 Å². The van der Waals surface area contributed by atoms with E-state index in [1.54, 1.807) is 11.8 Å². The molecule has 88 valence electrons. The fourth-order valence-corrected chi connectivity index (χ4v) is 2.76. The number of aryl methyl sites for hydroxylation is 1. The average molecular weight is 238 g/mol. The first-order chi connectivity index (χ1) is 7.61. The fraction of sp³-hybridized carbons (Fsp3) is 0.583. The van der Waals surface area contributed by atoms with Crippen molar-refractivity contribution in [3.8, 4) is 0 Å². The third kappa shape index (κ3) is 2.61. The fourth-order valence-electron chi connectivity index (χ4n) is 1.55. The lowest BCUT2D eigenvalue weighted by atomic mass is 10.0. The third-order valence-electron chi connectivity index (χ3n) is 2.89. The van der Waals surface area contributed by atoms with Gasteiger partial charge < -0.3 is 9.73 Å². The van der Waals surface area contributed by atoms with Crippen LogP contribution in [0.3, 0.4) is 0 Å². The van der Waals surface area contributed by atoms with Crippen LogP contribution in [0, 0.1) is 6.92 Å². The lowest BCUT2D eigenvalue weighted by molar-refractivity contribution is 0.464. The van der Waals surface area contributed by atoms with E-state index in [4.69, 9.17) is 4.42 Å². The minimum Gasteiger partial charge on any atom is -0.464 e. The first-order valence-electron chi connectivity index (χ1n) is 5.62. The molecule has 16 heavy (non-hydrogen) atoms. The van der Waals surface area contributed by atoms with Crippen LogP contribution in [0.1, 0.15) is 31.8 Å². The van der Waals surface area contributed by atoms with E-state index in [0.29, 0.717) is 6.54 Å². The van der Waals surface area contributed by atoms with Crippen molar-refractivity contribution in [3.63, 3.8) is 0 Å². The molecule has 0 bridgehead atoms. The molecule has 3 nitrogen and oxygen atoms in total. The molecule has 1 aliphatic rings. The van der Waals surface area contributed by atoms with Crippen LogP contribution in [0.25, 0.3) is 0 Å². The monoisotopic (exact) mass is 238 g/mol. The Morgan fingerprint density at radius 1 is 1.56 bits per heavy atom. The van der Waals surface area contributed by atoms with Crippen molar-refractivity contribution in [1.29, 1.82) is 0 Å². The molecule has 4 heteroatoms. The van der Waals surface area contributed by atoms with Gasteiger partial charge >= 0.3 is 0 Å². The highest BCUT2D eigenvalue weighted by molar-refractivity contribution is 8.14. The molecule has 1 fully saturated rings. The van der Waals surface area contributed by atoms with Crippen molar-refractivity contribution in [2.24, 2.45) is 4.99 Å². The van der Waals surface area contributed by atoms with Crippen LogP contribution in [-0.4, -0.2) is 16.5 Å². The standard InChI is InChI=1S/C12H18N2OS/c1-4-12(3)8-16-11(14-12)13-7-10-6-5-9(2)15-10/h5-6H,4,7-8H2,1-3H3,(H,13,14). The second-order valence-corrected chi connectivity index (χ2v) is 5.43. The molecular weight excluding hydrogens is 220 g/mol. The number of aliphatic imine (C=N–C) groups is 1. The van der Waals surface area contributed by atoms with Crippen LogP contribution in [0.15, 0.2) is 21.5 Å². The molecule has 1 aromatic rings. The molecule has 1 atom stereocenters. The van der Waals surface area contributed by atoms with E-state index in [0.717, 1.165) is 28.9 Å². The molecule has 0 aliphatic carbocycles. The van der Waals surface area contributed by atoms with Gasteiger partial charge in [0.15, 0.2) is 5.17 Å². The predicted molar refractivity (Wildman–Crippen MR) is 68.9 cm³/mol. The zero-order valence-corrected chi connectivity index (χ0v) is 10.9. The highest BCUT2D eigenvalue weighted by Gasteiger charge is 2.30. The van der Waals surface area contributed by atoms with Gasteiger partial charge in [0.05, 0.1) is 6.54 Å². The predicted octanol–water partition coefficient (Wildman–Crippen LogP) is 2.95. The van der Waals surface area contributed by atoms with Crippen molar-refractivity contribution >= 4 is 16.9 Å². The molecular formula is C12H18N2OS. The SMILES string of the molecule is CCC1(C)CSC(=NCc2ccc(C)o2)N1. The van der Waals surface area contributed by atoms with Gasteiger partial charge in [0.1, 0.15) is 11.5 Å². The second-order valence-electron chi connectivity index (χ2n) is 4.46. The first-order valence-corrected chi connectivity index (χ1v) is 6.60. The molecule has 1 aromatic heterocycles. The first kappa shape index (κ1) is 11.6. The van der Waals surface area contributed by atoms with E-state index in [-0.39, 0.29) is 5.54 Å². The summed E-state index contributed by atoms with van der Waals surface area (Å²) in [5, 5.41) is 4.51. The van der Waals surface area contributed by atoms with Crippen LogP contribution in [0.5, 0.6) is 0 Å². The van der Waals surface area contributed by atoms with E-state index < -0.39 is 0 Å². The molecule has 0 amide bonds. The Kier molecular flexibility index (Phi) is 3.28. The van der Waals surface area contributed by atoms with Gasteiger partial charge in [-0.2, -0.15) is 0 Å². The summed E-state index contributed by atoms with van der Waals surface area (Å²) in [7, 11) is 0. The van der Waals surface area contributed by atoms with Crippen molar-refractivity contribution < 1.29 is 4.42 Å². The van der Waals surface area contributed by atoms with Crippen molar-refractivity contribution in [1.82, 2.24) is 5.32 Å². The Bertz CT molecular complexity index is 399. The summed E-state index contributed by atoms with van der Waals surface area (Å²) in [4.78, 5) is 4.52. The maximum Gasteiger partial charge on any atom is 0.157 e. The highest BCUT2D eigenvalue weighted by Crippen LogP contribution is 2.25. The summed E-state index contributed by atoms with van der Waals surface area (Å²) in [6.07, 6.45) is 1.12. The van der Waals surface area contributed by atoms with Crippen LogP contribution >= 0.6 is 11.8 Å². The van der Waals surface area contributed by atoms with Gasteiger partial charge in [0.2, 0.25) is 0 Å². The van der Waals surface area contributed by atoms with Crippen molar-refractivity contribution in [2.45, 2.75) is 39.3 Å². The Labute approximate surface area is 101 Å². The molecule has 0 spiro atoms. The topological polar surface area (TPSA) is 37.5 Å². The molecule has 0 aromatic carbocycles. The quantitative estimate of drug-likeness (QED) is 0.879. The van der Waals surface area contributed by atoms with Gasteiger partial charge in [0.25, 0.3) is 0 Å². The molecule has 0 radical (unpaired) electrons. The van der Waals surface area contributed by atoms with E-state index >= 15 is 0 Å². The summed E-state index contributed by atoms with van der Waals surface area (Å²) in [6.45, 7) is 7.02. The number of hydrogen-bond donors (Lipinski definition) is 1. The molecule has 1 unspecified atom stereocenters. The van der Waals surface area contributed by atoms with Crippen molar-refractivity contribution in [3.05, 3.63) is 23.7 Å². The average Bonchev–Trinajstić information content (AvgIpc) is 2.83. The van der Waals surface area contributed by atoms with E-state index in [1.807, 2.05) is 19.1 Å². The minimum absolute atomic E-state index is 0.211. The summed E-state index contributed by atoms with van der Waals surface area (Å²) in [6, 6.07) is 3.96. The van der Waals surface area contributed by atoms with Crippen LogP contribution in [0.4, 0.5) is 0 Å². The number of nitrogens with one attached hydrogen (secondary N) is 1. The largest absolute Gasteiger partial charge is 0.464 e. The van der Waals surface area contributed by atoms with Gasteiger partial charge in [-0.05, 0) is 32.4 Å². The number of hydrogen-bond acceptors (Lipinski definition) is 3. The summed E-state index contributed by atoms with van der Waals surface area (Å²) < 4.78 is 5.48.